The zero-order chi connectivity index (χ0) is 15.4. The van der Waals surface area contributed by atoms with Crippen LogP contribution in [-0.4, -0.2) is 42.9 Å². The molecule has 3 rings (SSSR count). The van der Waals surface area contributed by atoms with Crippen LogP contribution in [0.15, 0.2) is 24.3 Å². The first-order valence-corrected chi connectivity index (χ1v) is 8.32. The summed E-state index contributed by atoms with van der Waals surface area (Å²) in [5.41, 5.74) is 2.48. The van der Waals surface area contributed by atoms with E-state index in [4.69, 9.17) is 9.47 Å². The van der Waals surface area contributed by atoms with E-state index in [-0.39, 0.29) is 18.2 Å². The Labute approximate surface area is 132 Å². The van der Waals surface area contributed by atoms with Crippen molar-refractivity contribution in [3.63, 3.8) is 0 Å². The lowest BCUT2D eigenvalue weighted by atomic mass is 10.00. The van der Waals surface area contributed by atoms with Crippen molar-refractivity contribution in [1.29, 1.82) is 0 Å². The molecule has 1 amide bonds. The molecule has 0 N–H and O–H groups in total. The Bertz CT molecular complexity index is 511. The Morgan fingerprint density at radius 3 is 2.86 bits per heavy atom. The standard InChI is InChI=1S/C18H25NO3/c1-14-5-4-6-15(13-14)8-9-17(20)19-10-3-2-7-16(19)18-21-11-12-22-18/h4-6,13,16,18H,2-3,7-12H2,1H3. The second kappa shape index (κ2) is 7.25. The highest BCUT2D eigenvalue weighted by Crippen LogP contribution is 2.25. The van der Waals surface area contributed by atoms with Gasteiger partial charge in [0, 0.05) is 13.0 Å². The van der Waals surface area contributed by atoms with Crippen molar-refractivity contribution >= 4 is 5.91 Å². The van der Waals surface area contributed by atoms with Crippen molar-refractivity contribution in [2.45, 2.75) is 51.4 Å². The van der Waals surface area contributed by atoms with E-state index < -0.39 is 0 Å². The lowest BCUT2D eigenvalue weighted by Gasteiger charge is -2.38. The SMILES string of the molecule is Cc1cccc(CCC(=O)N2CCCCC2C2OCCO2)c1. The third-order valence-corrected chi connectivity index (χ3v) is 4.54. The summed E-state index contributed by atoms with van der Waals surface area (Å²) in [6, 6.07) is 8.49. The second-order valence-corrected chi connectivity index (χ2v) is 6.25. The summed E-state index contributed by atoms with van der Waals surface area (Å²) in [6.07, 6.45) is 4.36. The van der Waals surface area contributed by atoms with Crippen molar-refractivity contribution in [2.75, 3.05) is 19.8 Å². The van der Waals surface area contributed by atoms with Gasteiger partial charge >= 0.3 is 0 Å². The van der Waals surface area contributed by atoms with Gasteiger partial charge in [0.1, 0.15) is 0 Å². The zero-order valence-corrected chi connectivity index (χ0v) is 13.3. The molecule has 0 aromatic heterocycles. The number of benzene rings is 1. The van der Waals surface area contributed by atoms with E-state index in [1.54, 1.807) is 0 Å². The molecule has 1 aromatic carbocycles. The lowest BCUT2D eigenvalue weighted by molar-refractivity contribution is -0.150. The molecule has 1 atom stereocenters. The Kier molecular flexibility index (Phi) is 5.11. The molecule has 0 radical (unpaired) electrons. The van der Waals surface area contributed by atoms with Crippen molar-refractivity contribution < 1.29 is 14.3 Å². The molecule has 0 aliphatic carbocycles. The molecule has 2 heterocycles. The molecule has 2 aliphatic heterocycles. The van der Waals surface area contributed by atoms with Crippen LogP contribution in [0.2, 0.25) is 0 Å². The van der Waals surface area contributed by atoms with E-state index in [1.165, 1.54) is 11.1 Å². The summed E-state index contributed by atoms with van der Waals surface area (Å²) in [6.45, 7) is 4.21. The van der Waals surface area contributed by atoms with Crippen molar-refractivity contribution in [3.05, 3.63) is 35.4 Å². The predicted octanol–water partition coefficient (Wildman–Crippen LogP) is 2.68. The summed E-state index contributed by atoms with van der Waals surface area (Å²) in [5, 5.41) is 0. The number of likely N-dealkylation sites (tertiary alicyclic amines) is 1. The highest BCUT2D eigenvalue weighted by molar-refractivity contribution is 5.77. The van der Waals surface area contributed by atoms with Crippen LogP contribution in [0.5, 0.6) is 0 Å². The van der Waals surface area contributed by atoms with Gasteiger partial charge in [-0.05, 0) is 38.2 Å². The highest BCUT2D eigenvalue weighted by Gasteiger charge is 2.35. The van der Waals surface area contributed by atoms with Crippen molar-refractivity contribution in [3.8, 4) is 0 Å². The second-order valence-electron chi connectivity index (χ2n) is 6.25. The monoisotopic (exact) mass is 303 g/mol. The molecule has 22 heavy (non-hydrogen) atoms. The van der Waals surface area contributed by atoms with Gasteiger partial charge in [-0.3, -0.25) is 4.79 Å². The molecular formula is C18H25NO3. The third kappa shape index (κ3) is 3.68. The first kappa shape index (κ1) is 15.5. The Hall–Kier alpha value is -1.39. The molecule has 4 heteroatoms. The number of nitrogens with zero attached hydrogens (tertiary/aromatic N) is 1. The number of amides is 1. The molecule has 2 aliphatic rings. The maximum absolute atomic E-state index is 12.6. The minimum absolute atomic E-state index is 0.0984. The number of hydrogen-bond donors (Lipinski definition) is 0. The fraction of sp³-hybridized carbons (Fsp3) is 0.611. The van der Waals surface area contributed by atoms with Crippen LogP contribution < -0.4 is 0 Å². The zero-order valence-electron chi connectivity index (χ0n) is 13.3. The van der Waals surface area contributed by atoms with Gasteiger partial charge in [0.25, 0.3) is 0 Å². The van der Waals surface area contributed by atoms with Gasteiger partial charge in [-0.15, -0.1) is 0 Å². The molecule has 0 spiro atoms. The van der Waals surface area contributed by atoms with Crippen molar-refractivity contribution in [2.24, 2.45) is 0 Å². The van der Waals surface area contributed by atoms with Gasteiger partial charge < -0.3 is 14.4 Å². The molecule has 120 valence electrons. The molecule has 0 saturated carbocycles. The number of carbonyl (C=O) groups excluding carboxylic acids is 1. The normalized spacial score (nSPS) is 23.0. The molecule has 2 saturated heterocycles. The van der Waals surface area contributed by atoms with Crippen LogP contribution >= 0.6 is 0 Å². The number of hydrogen-bond acceptors (Lipinski definition) is 3. The van der Waals surface area contributed by atoms with Gasteiger partial charge in [-0.2, -0.15) is 0 Å². The quantitative estimate of drug-likeness (QED) is 0.858. The minimum atomic E-state index is -0.219. The van der Waals surface area contributed by atoms with Crippen LogP contribution in [0.4, 0.5) is 0 Å². The van der Waals surface area contributed by atoms with Gasteiger partial charge in [0.2, 0.25) is 5.91 Å². The average molecular weight is 303 g/mol. The summed E-state index contributed by atoms with van der Waals surface area (Å²) in [5.74, 6) is 0.227. The Morgan fingerprint density at radius 2 is 2.09 bits per heavy atom. The Balaban J connectivity index is 1.59. The molecule has 0 bridgehead atoms. The minimum Gasteiger partial charge on any atom is -0.348 e. The van der Waals surface area contributed by atoms with E-state index in [9.17, 15) is 4.79 Å². The van der Waals surface area contributed by atoms with Crippen LogP contribution in [0.1, 0.15) is 36.8 Å². The van der Waals surface area contributed by atoms with E-state index in [1.807, 2.05) is 4.90 Å². The van der Waals surface area contributed by atoms with Crippen LogP contribution in [0.3, 0.4) is 0 Å². The maximum atomic E-state index is 12.6. The van der Waals surface area contributed by atoms with Crippen molar-refractivity contribution in [1.82, 2.24) is 4.90 Å². The highest BCUT2D eigenvalue weighted by atomic mass is 16.7. The molecule has 4 nitrogen and oxygen atoms in total. The van der Waals surface area contributed by atoms with Gasteiger partial charge in [-0.25, -0.2) is 0 Å². The van der Waals surface area contributed by atoms with E-state index in [0.717, 1.165) is 32.2 Å². The fourth-order valence-electron chi connectivity index (χ4n) is 3.41. The number of ether oxygens (including phenoxy) is 2. The lowest BCUT2D eigenvalue weighted by Crippen LogP contribution is -2.50. The number of rotatable bonds is 4. The van der Waals surface area contributed by atoms with E-state index >= 15 is 0 Å². The van der Waals surface area contributed by atoms with Gasteiger partial charge in [-0.1, -0.05) is 29.8 Å². The first-order chi connectivity index (χ1) is 10.7. The fourth-order valence-corrected chi connectivity index (χ4v) is 3.41. The van der Waals surface area contributed by atoms with E-state index in [2.05, 4.69) is 31.2 Å². The largest absolute Gasteiger partial charge is 0.348 e. The first-order valence-electron chi connectivity index (χ1n) is 8.32. The predicted molar refractivity (Wildman–Crippen MR) is 84.5 cm³/mol. The average Bonchev–Trinajstić information content (AvgIpc) is 3.07. The number of carbonyl (C=O) groups is 1. The van der Waals surface area contributed by atoms with Gasteiger partial charge in [0.05, 0.1) is 19.3 Å². The molecule has 2 fully saturated rings. The Morgan fingerprint density at radius 1 is 1.27 bits per heavy atom. The third-order valence-electron chi connectivity index (χ3n) is 4.54. The molecular weight excluding hydrogens is 278 g/mol. The van der Waals surface area contributed by atoms with Crippen LogP contribution in [-0.2, 0) is 20.7 Å². The summed E-state index contributed by atoms with van der Waals surface area (Å²) < 4.78 is 11.3. The summed E-state index contributed by atoms with van der Waals surface area (Å²) in [4.78, 5) is 14.6. The number of aryl methyl sites for hydroxylation is 2. The van der Waals surface area contributed by atoms with E-state index in [0.29, 0.717) is 19.6 Å². The maximum Gasteiger partial charge on any atom is 0.223 e. The van der Waals surface area contributed by atoms with Crippen LogP contribution in [0, 0.1) is 6.92 Å². The van der Waals surface area contributed by atoms with Gasteiger partial charge in [0.15, 0.2) is 6.29 Å². The molecule has 1 aromatic rings. The molecule has 1 unspecified atom stereocenters. The summed E-state index contributed by atoms with van der Waals surface area (Å²) >= 11 is 0. The number of piperidine rings is 1. The summed E-state index contributed by atoms with van der Waals surface area (Å²) in [7, 11) is 0. The smallest absolute Gasteiger partial charge is 0.223 e. The topological polar surface area (TPSA) is 38.8 Å². The van der Waals surface area contributed by atoms with Crippen LogP contribution in [0.25, 0.3) is 0 Å².